The van der Waals surface area contributed by atoms with Crippen LogP contribution in [0.25, 0.3) is 0 Å². The summed E-state index contributed by atoms with van der Waals surface area (Å²) in [6, 6.07) is 0. The van der Waals surface area contributed by atoms with Gasteiger partial charge in [-0.3, -0.25) is 0 Å². The van der Waals surface area contributed by atoms with Gasteiger partial charge in [-0.2, -0.15) is 0 Å². The first-order valence-corrected chi connectivity index (χ1v) is 12.6. The van der Waals surface area contributed by atoms with Gasteiger partial charge in [0.1, 0.15) is 5.83 Å². The quantitative estimate of drug-likeness (QED) is 0.283. The fourth-order valence-corrected chi connectivity index (χ4v) is 4.43. The smallest absolute Gasteiger partial charge is 0.128 e. The Bertz CT molecular complexity index is 990. The monoisotopic (exact) mass is 462 g/mol. The van der Waals surface area contributed by atoms with Gasteiger partial charge >= 0.3 is 0 Å². The standard InChI is InChI=1S/C33H47F/c1-13-16-24(7)25(8)31(21-27(15-3)26(9)32(34)22(4)5)30-20-18-28(33(10,11)12)17-19-29(30)23(6)14-2/h14-15,17-18,20,24H,2,4,6,13,16,19,21H2,1,3,5,7-12H3/b27-15-,31-25+,32-26+. The van der Waals surface area contributed by atoms with Gasteiger partial charge in [0.05, 0.1) is 0 Å². The molecule has 0 heterocycles. The molecule has 1 heteroatoms. The van der Waals surface area contributed by atoms with E-state index in [1.54, 1.807) is 6.92 Å². The first-order valence-electron chi connectivity index (χ1n) is 12.6. The van der Waals surface area contributed by atoms with E-state index in [2.05, 4.69) is 79.5 Å². The highest BCUT2D eigenvalue weighted by atomic mass is 19.1. The molecular formula is C33H47F. The van der Waals surface area contributed by atoms with Crippen molar-refractivity contribution >= 4 is 0 Å². The van der Waals surface area contributed by atoms with Crippen LogP contribution in [-0.4, -0.2) is 0 Å². The molecule has 0 amide bonds. The van der Waals surface area contributed by atoms with Gasteiger partial charge in [-0.1, -0.05) is 96.7 Å². The third-order valence-electron chi connectivity index (χ3n) is 6.94. The third kappa shape index (κ3) is 7.55. The van der Waals surface area contributed by atoms with Crippen molar-refractivity contribution in [3.8, 4) is 0 Å². The molecule has 34 heavy (non-hydrogen) atoms. The van der Waals surface area contributed by atoms with E-state index in [0.717, 1.165) is 30.4 Å². The van der Waals surface area contributed by atoms with Crippen LogP contribution in [0.15, 0.2) is 106 Å². The lowest BCUT2D eigenvalue weighted by Gasteiger charge is -2.23. The molecule has 0 bridgehead atoms. The molecule has 0 spiro atoms. The minimum atomic E-state index is -0.218. The maximum absolute atomic E-state index is 14.9. The summed E-state index contributed by atoms with van der Waals surface area (Å²) >= 11 is 0. The number of rotatable bonds is 10. The number of hydrogen-bond acceptors (Lipinski definition) is 0. The van der Waals surface area contributed by atoms with E-state index in [1.165, 1.54) is 27.9 Å². The molecule has 0 aromatic heterocycles. The molecule has 1 atom stereocenters. The second-order valence-corrected chi connectivity index (χ2v) is 10.6. The van der Waals surface area contributed by atoms with E-state index < -0.39 is 0 Å². The van der Waals surface area contributed by atoms with E-state index in [4.69, 9.17) is 0 Å². The summed E-state index contributed by atoms with van der Waals surface area (Å²) in [6.45, 7) is 31.2. The highest BCUT2D eigenvalue weighted by Gasteiger charge is 2.22. The fourth-order valence-electron chi connectivity index (χ4n) is 4.43. The topological polar surface area (TPSA) is 0 Å². The van der Waals surface area contributed by atoms with Gasteiger partial charge in [-0.15, -0.1) is 0 Å². The Labute approximate surface area is 209 Å². The van der Waals surface area contributed by atoms with Crippen LogP contribution in [0.3, 0.4) is 0 Å². The number of hydrogen-bond donors (Lipinski definition) is 0. The second-order valence-electron chi connectivity index (χ2n) is 10.6. The Morgan fingerprint density at radius 1 is 1.15 bits per heavy atom. The summed E-state index contributed by atoms with van der Waals surface area (Å²) in [5.74, 6) is 0.218. The van der Waals surface area contributed by atoms with Crippen molar-refractivity contribution in [2.24, 2.45) is 11.3 Å². The molecule has 186 valence electrons. The zero-order valence-corrected chi connectivity index (χ0v) is 23.3. The molecule has 1 aliphatic carbocycles. The van der Waals surface area contributed by atoms with Crippen LogP contribution >= 0.6 is 0 Å². The first kappa shape index (κ1) is 29.6. The SMILES string of the molecule is C=CC(=C)C1=C(/C(CC(=C/C)/C(C)=C(/F)C(=C)C)=C(\C)C(C)CCC)C=CC(C(C)(C)C)=CC1. The van der Waals surface area contributed by atoms with Crippen LogP contribution in [0, 0.1) is 11.3 Å². The Hall–Kier alpha value is -2.41. The molecular weight excluding hydrogens is 415 g/mol. The van der Waals surface area contributed by atoms with E-state index in [-0.39, 0.29) is 11.2 Å². The predicted octanol–water partition coefficient (Wildman–Crippen LogP) is 10.9. The molecule has 0 saturated heterocycles. The zero-order valence-electron chi connectivity index (χ0n) is 23.3. The van der Waals surface area contributed by atoms with Crippen LogP contribution in [0.4, 0.5) is 4.39 Å². The lowest BCUT2D eigenvalue weighted by atomic mass is 9.82. The van der Waals surface area contributed by atoms with Gasteiger partial charge in [-0.05, 0) is 103 Å². The van der Waals surface area contributed by atoms with Crippen LogP contribution in [0.5, 0.6) is 0 Å². The van der Waals surface area contributed by atoms with Crippen LogP contribution in [0.2, 0.25) is 0 Å². The van der Waals surface area contributed by atoms with Crippen molar-refractivity contribution in [2.75, 3.05) is 0 Å². The molecule has 1 rings (SSSR count). The van der Waals surface area contributed by atoms with Crippen molar-refractivity contribution in [1.29, 1.82) is 0 Å². The average Bonchev–Trinajstić information content (AvgIpc) is 3.01. The van der Waals surface area contributed by atoms with E-state index in [0.29, 0.717) is 23.5 Å². The molecule has 0 aromatic rings. The molecule has 0 N–H and O–H groups in total. The number of allylic oxidation sites excluding steroid dienone is 15. The summed E-state index contributed by atoms with van der Waals surface area (Å²) in [7, 11) is 0. The van der Waals surface area contributed by atoms with Gasteiger partial charge in [0.25, 0.3) is 0 Å². The van der Waals surface area contributed by atoms with Gasteiger partial charge in [0, 0.05) is 0 Å². The van der Waals surface area contributed by atoms with Crippen molar-refractivity contribution in [3.63, 3.8) is 0 Å². The Morgan fingerprint density at radius 2 is 1.76 bits per heavy atom. The third-order valence-corrected chi connectivity index (χ3v) is 6.94. The maximum Gasteiger partial charge on any atom is 0.128 e. The lowest BCUT2D eigenvalue weighted by molar-refractivity contribution is 0.515. The van der Waals surface area contributed by atoms with Crippen molar-refractivity contribution in [1.82, 2.24) is 0 Å². The van der Waals surface area contributed by atoms with Gasteiger partial charge in [0.15, 0.2) is 0 Å². The van der Waals surface area contributed by atoms with Gasteiger partial charge in [-0.25, -0.2) is 4.39 Å². The zero-order chi connectivity index (χ0) is 26.2. The molecule has 0 radical (unpaired) electrons. The predicted molar refractivity (Wildman–Crippen MR) is 151 cm³/mol. The largest absolute Gasteiger partial charge is 0.206 e. The summed E-state index contributed by atoms with van der Waals surface area (Å²) in [4.78, 5) is 0. The van der Waals surface area contributed by atoms with E-state index in [9.17, 15) is 4.39 Å². The number of halogens is 1. The summed E-state index contributed by atoms with van der Waals surface area (Å²) in [5, 5.41) is 0. The van der Waals surface area contributed by atoms with Crippen molar-refractivity contribution < 1.29 is 4.39 Å². The van der Waals surface area contributed by atoms with E-state index in [1.807, 2.05) is 26.0 Å². The Kier molecular flexibility index (Phi) is 11.2. The molecule has 1 aliphatic rings. The minimum Gasteiger partial charge on any atom is -0.206 e. The maximum atomic E-state index is 14.9. The van der Waals surface area contributed by atoms with Crippen molar-refractivity contribution in [3.05, 3.63) is 106 Å². The lowest BCUT2D eigenvalue weighted by Crippen LogP contribution is -2.07. The van der Waals surface area contributed by atoms with E-state index >= 15 is 0 Å². The molecule has 0 nitrogen and oxygen atoms in total. The normalized spacial score (nSPS) is 17.5. The van der Waals surface area contributed by atoms with Crippen molar-refractivity contribution in [2.45, 2.75) is 88.0 Å². The Morgan fingerprint density at radius 3 is 2.24 bits per heavy atom. The average molecular weight is 463 g/mol. The fraction of sp³-hybridized carbons (Fsp3) is 0.455. The van der Waals surface area contributed by atoms with Gasteiger partial charge in [0.2, 0.25) is 0 Å². The Balaban J connectivity index is 3.87. The van der Waals surface area contributed by atoms with Crippen LogP contribution < -0.4 is 0 Å². The minimum absolute atomic E-state index is 0.0550. The molecule has 0 fully saturated rings. The highest BCUT2D eigenvalue weighted by Crippen LogP contribution is 2.39. The summed E-state index contributed by atoms with van der Waals surface area (Å²) < 4.78 is 14.9. The summed E-state index contributed by atoms with van der Waals surface area (Å²) in [5.41, 5.74) is 9.46. The molecule has 0 saturated carbocycles. The van der Waals surface area contributed by atoms with Gasteiger partial charge < -0.3 is 0 Å². The molecule has 0 aliphatic heterocycles. The first-order chi connectivity index (χ1) is 15.8. The highest BCUT2D eigenvalue weighted by molar-refractivity contribution is 5.59. The molecule has 1 unspecified atom stereocenters. The van der Waals surface area contributed by atoms with Crippen LogP contribution in [0.1, 0.15) is 88.0 Å². The summed E-state index contributed by atoms with van der Waals surface area (Å²) in [6.07, 6.45) is 14.4. The second kappa shape index (κ2) is 12.9. The molecule has 0 aromatic carbocycles. The van der Waals surface area contributed by atoms with Crippen LogP contribution in [-0.2, 0) is 0 Å².